The van der Waals surface area contributed by atoms with E-state index in [9.17, 15) is 14.9 Å². The van der Waals surface area contributed by atoms with Crippen LogP contribution in [0.1, 0.15) is 5.56 Å². The minimum atomic E-state index is -0.458. The van der Waals surface area contributed by atoms with Crippen LogP contribution >= 0.6 is 11.8 Å². The van der Waals surface area contributed by atoms with Crippen molar-refractivity contribution in [2.45, 2.75) is 5.75 Å². The average molecular weight is 289 g/mol. The van der Waals surface area contributed by atoms with E-state index in [1.807, 2.05) is 6.07 Å². The fourth-order valence-corrected chi connectivity index (χ4v) is 2.10. The van der Waals surface area contributed by atoms with Gasteiger partial charge in [-0.05, 0) is 29.5 Å². The van der Waals surface area contributed by atoms with Crippen molar-refractivity contribution in [3.8, 4) is 5.75 Å². The van der Waals surface area contributed by atoms with Crippen LogP contribution in [0.15, 0.2) is 54.6 Å². The zero-order valence-electron chi connectivity index (χ0n) is 10.4. The van der Waals surface area contributed by atoms with E-state index in [2.05, 4.69) is 0 Å². The molecule has 0 aliphatic heterocycles. The monoisotopic (exact) mass is 289 g/mol. The van der Waals surface area contributed by atoms with Gasteiger partial charge in [0.25, 0.3) is 5.69 Å². The van der Waals surface area contributed by atoms with E-state index in [4.69, 9.17) is 4.74 Å². The third-order valence-corrected chi connectivity index (χ3v) is 3.24. The maximum Gasteiger partial charge on any atom is 0.373 e. The largest absolute Gasteiger partial charge is 0.418 e. The second kappa shape index (κ2) is 6.72. The molecule has 0 heterocycles. The maximum absolute atomic E-state index is 11.6. The minimum absolute atomic E-state index is 0.0330. The third-order valence-electron chi connectivity index (χ3n) is 2.45. The molecule has 0 aliphatic rings. The molecule has 2 aromatic carbocycles. The number of hydrogen-bond acceptors (Lipinski definition) is 5. The average Bonchev–Trinajstić information content (AvgIpc) is 2.46. The predicted molar refractivity (Wildman–Crippen MR) is 76.9 cm³/mol. The molecule has 0 saturated carbocycles. The quantitative estimate of drug-likeness (QED) is 0.483. The number of non-ortho nitro benzene ring substituents is 1. The number of ether oxygens (including phenoxy) is 1. The summed E-state index contributed by atoms with van der Waals surface area (Å²) in [5.74, 6) is 0.901. The Hall–Kier alpha value is -2.34. The topological polar surface area (TPSA) is 69.4 Å². The van der Waals surface area contributed by atoms with Gasteiger partial charge in [-0.1, -0.05) is 30.3 Å². The summed E-state index contributed by atoms with van der Waals surface area (Å²) >= 11 is 1.01. The summed E-state index contributed by atoms with van der Waals surface area (Å²) in [7, 11) is 0. The molecule has 0 fully saturated rings. The van der Waals surface area contributed by atoms with Crippen molar-refractivity contribution in [1.29, 1.82) is 0 Å². The number of thioether (sulfide) groups is 1. The molecule has 2 aromatic rings. The van der Waals surface area contributed by atoms with Crippen molar-refractivity contribution in [2.24, 2.45) is 0 Å². The first-order valence-corrected chi connectivity index (χ1v) is 6.77. The molecule has 2 rings (SSSR count). The molecule has 102 valence electrons. The summed E-state index contributed by atoms with van der Waals surface area (Å²) in [5, 5.41) is 10.1. The number of nitro groups is 1. The van der Waals surface area contributed by atoms with Crippen LogP contribution < -0.4 is 4.74 Å². The van der Waals surface area contributed by atoms with Crippen LogP contribution in [0, 0.1) is 10.1 Å². The highest BCUT2D eigenvalue weighted by molar-refractivity contribution is 8.12. The number of nitrogens with zero attached hydrogens (tertiary/aromatic N) is 1. The normalized spacial score (nSPS) is 10.0. The van der Waals surface area contributed by atoms with Gasteiger partial charge in [-0.3, -0.25) is 10.1 Å². The van der Waals surface area contributed by atoms with E-state index in [0.717, 1.165) is 17.3 Å². The van der Waals surface area contributed by atoms with E-state index < -0.39 is 10.2 Å². The number of benzene rings is 2. The minimum Gasteiger partial charge on any atom is -0.418 e. The second-order valence-corrected chi connectivity index (χ2v) is 4.79. The molecular weight excluding hydrogens is 278 g/mol. The maximum atomic E-state index is 11.6. The van der Waals surface area contributed by atoms with Gasteiger partial charge in [0.05, 0.1) is 4.92 Å². The first-order chi connectivity index (χ1) is 9.65. The first kappa shape index (κ1) is 14.1. The zero-order chi connectivity index (χ0) is 14.4. The van der Waals surface area contributed by atoms with Gasteiger partial charge in [0, 0.05) is 17.9 Å². The van der Waals surface area contributed by atoms with Crippen LogP contribution in [0.25, 0.3) is 0 Å². The Morgan fingerprint density at radius 1 is 1.10 bits per heavy atom. The van der Waals surface area contributed by atoms with Gasteiger partial charge in [0.15, 0.2) is 0 Å². The Morgan fingerprint density at radius 2 is 1.75 bits per heavy atom. The lowest BCUT2D eigenvalue weighted by Crippen LogP contribution is -2.00. The van der Waals surface area contributed by atoms with Crippen molar-refractivity contribution in [3.63, 3.8) is 0 Å². The highest BCUT2D eigenvalue weighted by Crippen LogP contribution is 2.19. The zero-order valence-corrected chi connectivity index (χ0v) is 11.2. The molecule has 6 heteroatoms. The number of hydrogen-bond donors (Lipinski definition) is 0. The predicted octanol–water partition coefficient (Wildman–Crippen LogP) is 4.03. The molecule has 20 heavy (non-hydrogen) atoms. The van der Waals surface area contributed by atoms with Gasteiger partial charge >= 0.3 is 5.30 Å². The number of para-hydroxylation sites is 1. The van der Waals surface area contributed by atoms with Crippen molar-refractivity contribution in [1.82, 2.24) is 0 Å². The molecule has 0 amide bonds. The van der Waals surface area contributed by atoms with E-state index >= 15 is 0 Å². The number of carbonyl (C=O) groups is 1. The van der Waals surface area contributed by atoms with Gasteiger partial charge in [0.1, 0.15) is 5.75 Å². The Labute approximate surface area is 119 Å². The highest BCUT2D eigenvalue weighted by atomic mass is 32.2. The molecule has 0 unspecified atom stereocenters. The number of rotatable bonds is 4. The molecule has 0 bridgehead atoms. The Balaban J connectivity index is 1.85. The Bertz CT molecular complexity index is 598. The van der Waals surface area contributed by atoms with Gasteiger partial charge in [-0.15, -0.1) is 0 Å². The standard InChI is InChI=1S/C14H11NO4S/c16-14(19-13-4-2-1-3-5-13)20-10-11-6-8-12(9-7-11)15(17)18/h1-9H,10H2. The molecule has 0 aliphatic carbocycles. The molecule has 0 spiro atoms. The molecule has 0 aromatic heterocycles. The smallest absolute Gasteiger partial charge is 0.373 e. The molecule has 0 N–H and O–H groups in total. The lowest BCUT2D eigenvalue weighted by molar-refractivity contribution is -0.384. The SMILES string of the molecule is O=C(Oc1ccccc1)SCc1ccc([N+](=O)[O-])cc1. The van der Waals surface area contributed by atoms with Crippen LogP contribution in [-0.2, 0) is 5.75 Å². The summed E-state index contributed by atoms with van der Waals surface area (Å²) in [5.41, 5.74) is 0.858. The van der Waals surface area contributed by atoms with Gasteiger partial charge in [-0.2, -0.15) is 0 Å². The summed E-state index contributed by atoms with van der Waals surface area (Å²) in [6, 6.07) is 14.9. The van der Waals surface area contributed by atoms with Crippen molar-refractivity contribution in [3.05, 3.63) is 70.3 Å². The first-order valence-electron chi connectivity index (χ1n) is 5.78. The molecule has 0 atom stereocenters. The summed E-state index contributed by atoms with van der Waals surface area (Å²) in [6.45, 7) is 0. The van der Waals surface area contributed by atoms with Crippen LogP contribution in [0.5, 0.6) is 5.75 Å². The number of carbonyl (C=O) groups excluding carboxylic acids is 1. The van der Waals surface area contributed by atoms with Gasteiger partial charge in [0.2, 0.25) is 0 Å². The van der Waals surface area contributed by atoms with Crippen molar-refractivity contribution >= 4 is 22.8 Å². The fourth-order valence-electron chi connectivity index (χ4n) is 1.47. The lowest BCUT2D eigenvalue weighted by Gasteiger charge is -2.03. The van der Waals surface area contributed by atoms with E-state index in [-0.39, 0.29) is 5.69 Å². The third kappa shape index (κ3) is 4.10. The van der Waals surface area contributed by atoms with Crippen LogP contribution in [-0.4, -0.2) is 10.2 Å². The van der Waals surface area contributed by atoms with Gasteiger partial charge in [-0.25, -0.2) is 4.79 Å². The van der Waals surface area contributed by atoms with Gasteiger partial charge < -0.3 is 4.74 Å². The molecular formula is C14H11NO4S. The Morgan fingerprint density at radius 3 is 2.35 bits per heavy atom. The van der Waals surface area contributed by atoms with Crippen molar-refractivity contribution < 1.29 is 14.5 Å². The van der Waals surface area contributed by atoms with Crippen molar-refractivity contribution in [2.75, 3.05) is 0 Å². The summed E-state index contributed by atoms with van der Waals surface area (Å²) in [6.07, 6.45) is 0. The number of nitro benzene ring substituents is 1. The molecule has 0 radical (unpaired) electrons. The van der Waals surface area contributed by atoms with E-state index in [1.54, 1.807) is 36.4 Å². The Kier molecular flexibility index (Phi) is 4.73. The highest BCUT2D eigenvalue weighted by Gasteiger charge is 2.08. The molecule has 5 nitrogen and oxygen atoms in total. The molecule has 0 saturated heterocycles. The summed E-state index contributed by atoms with van der Waals surface area (Å²) in [4.78, 5) is 21.6. The van der Waals surface area contributed by atoms with Crippen LogP contribution in [0.3, 0.4) is 0 Å². The fraction of sp³-hybridized carbons (Fsp3) is 0.0714. The van der Waals surface area contributed by atoms with E-state index in [0.29, 0.717) is 11.5 Å². The second-order valence-electron chi connectivity index (χ2n) is 3.88. The van der Waals surface area contributed by atoms with Crippen LogP contribution in [0.4, 0.5) is 10.5 Å². The lowest BCUT2D eigenvalue weighted by atomic mass is 10.2. The summed E-state index contributed by atoms with van der Waals surface area (Å²) < 4.78 is 5.11. The van der Waals surface area contributed by atoms with E-state index in [1.165, 1.54) is 12.1 Å². The van der Waals surface area contributed by atoms with Crippen LogP contribution in [0.2, 0.25) is 0 Å².